The molecule has 9 heteroatoms. The number of esters is 1. The molecule has 2 aromatic carbocycles. The molecular formula is C31H40N4O5. The quantitative estimate of drug-likeness (QED) is 0.527. The number of benzene rings is 2. The van der Waals surface area contributed by atoms with Crippen molar-refractivity contribution in [3.8, 4) is 0 Å². The zero-order valence-electron chi connectivity index (χ0n) is 24.3. The first-order chi connectivity index (χ1) is 18.8. The average molecular weight is 549 g/mol. The smallest absolute Gasteiger partial charge is 0.410 e. The largest absolute Gasteiger partial charge is 0.460 e. The van der Waals surface area contributed by atoms with Crippen molar-refractivity contribution in [2.45, 2.75) is 71.6 Å². The van der Waals surface area contributed by atoms with E-state index in [2.05, 4.69) is 10.2 Å². The summed E-state index contributed by atoms with van der Waals surface area (Å²) >= 11 is 0. The van der Waals surface area contributed by atoms with Gasteiger partial charge in [0.1, 0.15) is 17.2 Å². The molecule has 0 aromatic heterocycles. The van der Waals surface area contributed by atoms with Crippen molar-refractivity contribution in [2.75, 3.05) is 36.4 Å². The van der Waals surface area contributed by atoms with Crippen LogP contribution in [0.3, 0.4) is 0 Å². The predicted molar refractivity (Wildman–Crippen MR) is 156 cm³/mol. The van der Waals surface area contributed by atoms with Crippen molar-refractivity contribution in [3.05, 3.63) is 59.7 Å². The van der Waals surface area contributed by atoms with Crippen LogP contribution >= 0.6 is 0 Å². The van der Waals surface area contributed by atoms with Gasteiger partial charge in [-0.05, 0) is 66.2 Å². The average Bonchev–Trinajstić information content (AvgIpc) is 3.01. The van der Waals surface area contributed by atoms with Crippen LogP contribution in [-0.4, -0.2) is 72.0 Å². The fourth-order valence-electron chi connectivity index (χ4n) is 4.68. The van der Waals surface area contributed by atoms with Gasteiger partial charge in [-0.25, -0.2) is 4.79 Å². The summed E-state index contributed by atoms with van der Waals surface area (Å²) in [5.74, 6) is -0.617. The van der Waals surface area contributed by atoms with Crippen LogP contribution < -0.4 is 10.2 Å². The fourth-order valence-corrected chi connectivity index (χ4v) is 4.68. The van der Waals surface area contributed by atoms with Crippen molar-refractivity contribution >= 4 is 35.1 Å². The summed E-state index contributed by atoms with van der Waals surface area (Å²) in [6.07, 6.45) is 0.0251. The Bertz CT molecular complexity index is 1270. The Labute approximate surface area is 236 Å². The van der Waals surface area contributed by atoms with Crippen molar-refractivity contribution in [2.24, 2.45) is 4.99 Å². The molecular weight excluding hydrogens is 508 g/mol. The van der Waals surface area contributed by atoms with Gasteiger partial charge in [0.15, 0.2) is 0 Å². The maximum atomic E-state index is 13.3. The summed E-state index contributed by atoms with van der Waals surface area (Å²) in [4.78, 5) is 47.0. The van der Waals surface area contributed by atoms with Gasteiger partial charge in [-0.15, -0.1) is 0 Å². The molecule has 1 N–H and O–H groups in total. The molecule has 2 amide bonds. The third kappa shape index (κ3) is 7.61. The maximum absolute atomic E-state index is 13.3. The third-order valence-electron chi connectivity index (χ3n) is 6.49. The Kier molecular flexibility index (Phi) is 8.51. The number of hydrogen-bond donors (Lipinski definition) is 1. The van der Waals surface area contributed by atoms with Crippen LogP contribution in [0.5, 0.6) is 0 Å². The molecule has 0 aliphatic carbocycles. The molecule has 2 aromatic rings. The number of anilines is 2. The van der Waals surface area contributed by atoms with Crippen molar-refractivity contribution in [1.29, 1.82) is 0 Å². The van der Waals surface area contributed by atoms with Gasteiger partial charge in [0, 0.05) is 49.4 Å². The lowest BCUT2D eigenvalue weighted by molar-refractivity contribution is -0.155. The minimum atomic E-state index is -0.740. The third-order valence-corrected chi connectivity index (χ3v) is 6.49. The lowest BCUT2D eigenvalue weighted by Gasteiger charge is -2.37. The van der Waals surface area contributed by atoms with Gasteiger partial charge >= 0.3 is 12.1 Å². The number of carbonyl (C=O) groups is 3. The second-order valence-corrected chi connectivity index (χ2v) is 12.2. The van der Waals surface area contributed by atoms with Gasteiger partial charge in [-0.2, -0.15) is 0 Å². The Balaban J connectivity index is 1.54. The van der Waals surface area contributed by atoms with Crippen molar-refractivity contribution < 1.29 is 23.9 Å². The number of benzodiazepines with no additional fused rings is 1. The molecule has 0 bridgehead atoms. The monoisotopic (exact) mass is 548 g/mol. The molecule has 214 valence electrons. The fraction of sp³-hybridized carbons (Fsp3) is 0.484. The van der Waals surface area contributed by atoms with Crippen molar-refractivity contribution in [1.82, 2.24) is 4.90 Å². The highest BCUT2D eigenvalue weighted by Gasteiger charge is 2.29. The first-order valence-electron chi connectivity index (χ1n) is 13.8. The molecule has 2 aliphatic rings. The first-order valence-corrected chi connectivity index (χ1v) is 13.8. The van der Waals surface area contributed by atoms with Crippen LogP contribution in [0.2, 0.25) is 0 Å². The molecule has 4 rings (SSSR count). The van der Waals surface area contributed by atoms with Crippen LogP contribution in [0.4, 0.5) is 16.2 Å². The van der Waals surface area contributed by atoms with Gasteiger partial charge in [0.25, 0.3) is 0 Å². The van der Waals surface area contributed by atoms with Gasteiger partial charge in [-0.1, -0.05) is 30.3 Å². The summed E-state index contributed by atoms with van der Waals surface area (Å²) in [5.41, 5.74) is 2.89. The molecule has 0 radical (unpaired) electrons. The number of fused-ring (bicyclic) bond motifs is 1. The highest BCUT2D eigenvalue weighted by molar-refractivity contribution is 6.20. The van der Waals surface area contributed by atoms with E-state index in [1.807, 2.05) is 90.1 Å². The molecule has 0 unspecified atom stereocenters. The molecule has 1 atom stereocenters. The molecule has 40 heavy (non-hydrogen) atoms. The van der Waals surface area contributed by atoms with E-state index >= 15 is 0 Å². The maximum Gasteiger partial charge on any atom is 0.410 e. The number of ether oxygens (including phenoxy) is 2. The van der Waals surface area contributed by atoms with E-state index in [0.717, 1.165) is 16.8 Å². The Morgan fingerprint density at radius 3 is 2.20 bits per heavy atom. The van der Waals surface area contributed by atoms with Crippen molar-refractivity contribution in [3.63, 3.8) is 0 Å². The molecule has 2 aliphatic heterocycles. The molecule has 1 saturated heterocycles. The van der Waals surface area contributed by atoms with E-state index in [0.29, 0.717) is 37.6 Å². The zero-order chi connectivity index (χ0) is 29.1. The lowest BCUT2D eigenvalue weighted by atomic mass is 9.99. The minimum Gasteiger partial charge on any atom is -0.460 e. The number of nitrogens with zero attached hydrogens (tertiary/aromatic N) is 3. The zero-order valence-corrected chi connectivity index (χ0v) is 24.3. The topological polar surface area (TPSA) is 101 Å². The van der Waals surface area contributed by atoms with E-state index in [1.165, 1.54) is 0 Å². The summed E-state index contributed by atoms with van der Waals surface area (Å²) in [6.45, 7) is 13.4. The van der Waals surface area contributed by atoms with Crippen LogP contribution in [0.25, 0.3) is 0 Å². The molecule has 2 heterocycles. The Morgan fingerprint density at radius 2 is 1.57 bits per heavy atom. The normalized spacial score (nSPS) is 17.8. The Hall–Kier alpha value is -3.88. The second kappa shape index (κ2) is 11.7. The lowest BCUT2D eigenvalue weighted by Crippen LogP contribution is -2.50. The number of piperazine rings is 1. The minimum absolute atomic E-state index is 0.0877. The number of hydrogen-bond acceptors (Lipinski definition) is 7. The van der Waals surface area contributed by atoms with E-state index in [1.54, 1.807) is 4.90 Å². The SMILES string of the molecule is CC(C)(C)OC(=O)CC[C@@H]1N=C(c2ccccc2)c2ccc(N3CCN(C(=O)OC(C)(C)C)CC3)cc2NC1=O. The van der Waals surface area contributed by atoms with E-state index in [9.17, 15) is 14.4 Å². The van der Waals surface area contributed by atoms with Crippen LogP contribution in [-0.2, 0) is 19.1 Å². The molecule has 0 saturated carbocycles. The molecule has 1 fully saturated rings. The number of amides is 2. The number of nitrogens with one attached hydrogen (secondary N) is 1. The van der Waals surface area contributed by atoms with Crippen LogP contribution in [0.1, 0.15) is 65.5 Å². The molecule has 9 nitrogen and oxygen atoms in total. The number of carbonyl (C=O) groups excluding carboxylic acids is 3. The van der Waals surface area contributed by atoms with Crippen LogP contribution in [0, 0.1) is 0 Å². The van der Waals surface area contributed by atoms with Gasteiger partial charge in [0.05, 0.1) is 11.4 Å². The number of aliphatic imine (C=N–C) groups is 1. The van der Waals surface area contributed by atoms with Gasteiger partial charge < -0.3 is 24.6 Å². The number of rotatable bonds is 5. The summed E-state index contributed by atoms with van der Waals surface area (Å²) in [7, 11) is 0. The Morgan fingerprint density at radius 1 is 0.925 bits per heavy atom. The second-order valence-electron chi connectivity index (χ2n) is 12.2. The first kappa shape index (κ1) is 29.1. The summed E-state index contributed by atoms with van der Waals surface area (Å²) < 4.78 is 11.0. The van der Waals surface area contributed by atoms with E-state index < -0.39 is 17.2 Å². The highest BCUT2D eigenvalue weighted by Crippen LogP contribution is 2.30. The van der Waals surface area contributed by atoms with Gasteiger partial charge in [-0.3, -0.25) is 14.6 Å². The predicted octanol–water partition coefficient (Wildman–Crippen LogP) is 5.02. The van der Waals surface area contributed by atoms with E-state index in [4.69, 9.17) is 14.5 Å². The van der Waals surface area contributed by atoms with E-state index in [-0.39, 0.29) is 30.8 Å². The van der Waals surface area contributed by atoms with Gasteiger partial charge in [0.2, 0.25) is 5.91 Å². The molecule has 0 spiro atoms. The standard InChI is InChI=1S/C31H40N4O5/c1-30(2,3)39-26(36)15-14-24-28(37)33-25-20-22(12-13-23(25)27(32-24)21-10-8-7-9-11-21)34-16-18-35(19-17-34)29(38)40-31(4,5)6/h7-13,20,24H,14-19H2,1-6H3,(H,33,37)/t24-/m0/s1. The summed E-state index contributed by atoms with van der Waals surface area (Å²) in [6, 6.07) is 15.0. The summed E-state index contributed by atoms with van der Waals surface area (Å²) in [5, 5.41) is 3.06. The van der Waals surface area contributed by atoms with Crippen LogP contribution in [0.15, 0.2) is 53.5 Å². The highest BCUT2D eigenvalue weighted by atomic mass is 16.6.